The maximum Gasteiger partial charge on any atom is 0.222 e. The van der Waals surface area contributed by atoms with Crippen molar-refractivity contribution in [2.75, 3.05) is 20.2 Å². The fourth-order valence-corrected chi connectivity index (χ4v) is 4.32. The summed E-state index contributed by atoms with van der Waals surface area (Å²) in [4.78, 5) is 14.2. The average Bonchev–Trinajstić information content (AvgIpc) is 3.10. The van der Waals surface area contributed by atoms with Crippen molar-refractivity contribution < 1.29 is 9.53 Å². The van der Waals surface area contributed by atoms with Crippen LogP contribution in [0.25, 0.3) is 0 Å². The highest BCUT2D eigenvalue weighted by Gasteiger charge is 2.26. The molecule has 2 aromatic rings. The van der Waals surface area contributed by atoms with E-state index < -0.39 is 0 Å². The zero-order valence-electron chi connectivity index (χ0n) is 15.8. The van der Waals surface area contributed by atoms with Crippen molar-refractivity contribution in [1.82, 2.24) is 15.1 Å². The molecule has 0 N–H and O–H groups in total. The Balaban J connectivity index is 1.54. The molecule has 0 atom stereocenters. The van der Waals surface area contributed by atoms with Crippen molar-refractivity contribution >= 4 is 17.2 Å². The van der Waals surface area contributed by atoms with Crippen LogP contribution in [-0.2, 0) is 11.2 Å². The first-order valence-corrected chi connectivity index (χ1v) is 10.1. The number of amides is 1. The zero-order chi connectivity index (χ0) is 18.5. The molecule has 3 rings (SSSR count). The van der Waals surface area contributed by atoms with Gasteiger partial charge in [-0.15, -0.1) is 21.5 Å². The van der Waals surface area contributed by atoms with Crippen LogP contribution in [0.1, 0.15) is 54.6 Å². The van der Waals surface area contributed by atoms with Crippen LogP contribution in [0.3, 0.4) is 0 Å². The molecule has 0 saturated carbocycles. The molecule has 0 bridgehead atoms. The van der Waals surface area contributed by atoms with Crippen LogP contribution in [0, 0.1) is 5.92 Å². The molecule has 1 saturated heterocycles. The maximum atomic E-state index is 12.2. The lowest BCUT2D eigenvalue weighted by Crippen LogP contribution is -2.38. The average molecular weight is 374 g/mol. The molecule has 140 valence electrons. The first-order valence-electron chi connectivity index (χ1n) is 9.28. The lowest BCUT2D eigenvalue weighted by Gasteiger charge is -2.31. The number of carbonyl (C=O) groups is 1. The van der Waals surface area contributed by atoms with E-state index in [1.807, 2.05) is 17.0 Å². The number of carbonyl (C=O) groups excluding carboxylic acids is 1. The van der Waals surface area contributed by atoms with Crippen LogP contribution in [0.15, 0.2) is 24.3 Å². The van der Waals surface area contributed by atoms with E-state index in [1.165, 1.54) is 5.56 Å². The van der Waals surface area contributed by atoms with E-state index in [4.69, 9.17) is 4.74 Å². The Morgan fingerprint density at radius 3 is 2.54 bits per heavy atom. The molecule has 0 unspecified atom stereocenters. The number of benzene rings is 1. The Morgan fingerprint density at radius 2 is 1.92 bits per heavy atom. The predicted octanol–water partition coefficient (Wildman–Crippen LogP) is 3.89. The van der Waals surface area contributed by atoms with Gasteiger partial charge >= 0.3 is 0 Å². The van der Waals surface area contributed by atoms with Gasteiger partial charge in [0.25, 0.3) is 0 Å². The van der Waals surface area contributed by atoms with Crippen LogP contribution < -0.4 is 4.74 Å². The van der Waals surface area contributed by atoms with Gasteiger partial charge < -0.3 is 9.64 Å². The molecule has 1 aromatic heterocycles. The van der Waals surface area contributed by atoms with Gasteiger partial charge in [-0.2, -0.15) is 0 Å². The van der Waals surface area contributed by atoms with Crippen molar-refractivity contribution in [3.8, 4) is 5.75 Å². The van der Waals surface area contributed by atoms with Gasteiger partial charge in [-0.3, -0.25) is 4.79 Å². The van der Waals surface area contributed by atoms with Gasteiger partial charge in [0.1, 0.15) is 15.8 Å². The van der Waals surface area contributed by atoms with E-state index in [0.29, 0.717) is 18.3 Å². The standard InChI is InChI=1S/C20H27N3O2S/c1-14(2)12-19(24)23-10-8-16(9-11-23)20-22-21-18(26-20)13-15-4-6-17(25-3)7-5-15/h4-7,14,16H,8-13H2,1-3H3. The molecule has 6 heteroatoms. The molecule has 0 radical (unpaired) electrons. The van der Waals surface area contributed by atoms with Crippen LogP contribution in [0.5, 0.6) is 5.75 Å². The lowest BCUT2D eigenvalue weighted by atomic mass is 9.97. The molecule has 5 nitrogen and oxygen atoms in total. The lowest BCUT2D eigenvalue weighted by molar-refractivity contribution is -0.133. The second-order valence-corrected chi connectivity index (χ2v) is 8.41. The summed E-state index contributed by atoms with van der Waals surface area (Å²) in [5, 5.41) is 11.0. The molecule has 0 aliphatic carbocycles. The second kappa shape index (κ2) is 8.62. The Labute approximate surface area is 159 Å². The normalized spacial score (nSPS) is 15.5. The highest BCUT2D eigenvalue weighted by Crippen LogP contribution is 2.31. The number of nitrogens with zero attached hydrogens (tertiary/aromatic N) is 3. The summed E-state index contributed by atoms with van der Waals surface area (Å²) in [5.74, 6) is 2.01. The Bertz CT molecular complexity index is 719. The molecular weight excluding hydrogens is 346 g/mol. The number of aromatic nitrogens is 2. The van der Waals surface area contributed by atoms with Crippen LogP contribution >= 0.6 is 11.3 Å². The van der Waals surface area contributed by atoms with Gasteiger partial charge in [-0.1, -0.05) is 26.0 Å². The predicted molar refractivity (Wildman–Crippen MR) is 104 cm³/mol. The molecular formula is C20H27N3O2S. The monoisotopic (exact) mass is 373 g/mol. The Morgan fingerprint density at radius 1 is 1.23 bits per heavy atom. The highest BCUT2D eigenvalue weighted by atomic mass is 32.1. The number of hydrogen-bond donors (Lipinski definition) is 0. The van der Waals surface area contributed by atoms with Gasteiger partial charge in [0.05, 0.1) is 7.11 Å². The third-order valence-electron chi connectivity index (χ3n) is 4.78. The molecule has 2 heterocycles. The zero-order valence-corrected chi connectivity index (χ0v) is 16.6. The molecule has 1 aliphatic rings. The number of ether oxygens (including phenoxy) is 1. The third-order valence-corrected chi connectivity index (χ3v) is 5.86. The first-order chi connectivity index (χ1) is 12.5. The summed E-state index contributed by atoms with van der Waals surface area (Å²) < 4.78 is 5.20. The molecule has 0 spiro atoms. The van der Waals surface area contributed by atoms with E-state index in [0.717, 1.165) is 48.1 Å². The minimum atomic E-state index is 0.288. The van der Waals surface area contributed by atoms with E-state index in [9.17, 15) is 4.79 Å². The summed E-state index contributed by atoms with van der Waals surface area (Å²) in [6.07, 6.45) is 3.42. The van der Waals surface area contributed by atoms with Crippen molar-refractivity contribution in [3.63, 3.8) is 0 Å². The quantitative estimate of drug-likeness (QED) is 0.771. The summed E-state index contributed by atoms with van der Waals surface area (Å²) in [5.41, 5.74) is 1.21. The fourth-order valence-electron chi connectivity index (χ4n) is 3.28. The van der Waals surface area contributed by atoms with Gasteiger partial charge in [0.15, 0.2) is 0 Å². The van der Waals surface area contributed by atoms with Crippen molar-refractivity contribution in [1.29, 1.82) is 0 Å². The maximum absolute atomic E-state index is 12.2. The smallest absolute Gasteiger partial charge is 0.222 e. The highest BCUT2D eigenvalue weighted by molar-refractivity contribution is 7.11. The first kappa shape index (κ1) is 18.8. The molecule has 1 amide bonds. The number of rotatable bonds is 6. The molecule has 1 aromatic carbocycles. The minimum absolute atomic E-state index is 0.288. The Hall–Kier alpha value is -1.95. The van der Waals surface area contributed by atoms with Crippen LogP contribution in [0.4, 0.5) is 0 Å². The van der Waals surface area contributed by atoms with E-state index in [2.05, 4.69) is 36.2 Å². The number of hydrogen-bond acceptors (Lipinski definition) is 5. The summed E-state index contributed by atoms with van der Waals surface area (Å²) in [6, 6.07) is 8.08. The van der Waals surface area contributed by atoms with Gasteiger partial charge in [-0.05, 0) is 36.5 Å². The minimum Gasteiger partial charge on any atom is -0.497 e. The van der Waals surface area contributed by atoms with Crippen LogP contribution in [0.2, 0.25) is 0 Å². The SMILES string of the molecule is COc1ccc(Cc2nnc(C3CCN(C(=O)CC(C)C)CC3)s2)cc1. The summed E-state index contributed by atoms with van der Waals surface area (Å²) >= 11 is 1.71. The van der Waals surface area contributed by atoms with Gasteiger partial charge in [0, 0.05) is 31.8 Å². The topological polar surface area (TPSA) is 55.3 Å². The van der Waals surface area contributed by atoms with E-state index >= 15 is 0 Å². The van der Waals surface area contributed by atoms with Crippen molar-refractivity contribution in [2.24, 2.45) is 5.92 Å². The van der Waals surface area contributed by atoms with E-state index in [1.54, 1.807) is 18.4 Å². The van der Waals surface area contributed by atoms with Gasteiger partial charge in [0.2, 0.25) is 5.91 Å². The summed E-state index contributed by atoms with van der Waals surface area (Å²) in [6.45, 7) is 5.86. The van der Waals surface area contributed by atoms with Crippen molar-refractivity contribution in [2.45, 2.75) is 45.4 Å². The fraction of sp³-hybridized carbons (Fsp3) is 0.550. The number of likely N-dealkylation sites (tertiary alicyclic amines) is 1. The number of methoxy groups -OCH3 is 1. The molecule has 1 fully saturated rings. The summed E-state index contributed by atoms with van der Waals surface area (Å²) in [7, 11) is 1.67. The second-order valence-electron chi connectivity index (χ2n) is 7.31. The van der Waals surface area contributed by atoms with Crippen molar-refractivity contribution in [3.05, 3.63) is 39.8 Å². The largest absolute Gasteiger partial charge is 0.497 e. The van der Waals surface area contributed by atoms with E-state index in [-0.39, 0.29) is 5.91 Å². The molecule has 26 heavy (non-hydrogen) atoms. The van der Waals surface area contributed by atoms with Crippen LogP contribution in [-0.4, -0.2) is 41.2 Å². The Kier molecular flexibility index (Phi) is 6.25. The molecule has 1 aliphatic heterocycles. The number of piperidine rings is 1. The third kappa shape index (κ3) is 4.81. The van der Waals surface area contributed by atoms with Gasteiger partial charge in [-0.25, -0.2) is 0 Å².